The predicted molar refractivity (Wildman–Crippen MR) is 110 cm³/mol. The molecule has 2 unspecified atom stereocenters. The fourth-order valence-corrected chi connectivity index (χ4v) is 3.54. The normalized spacial score (nSPS) is 21.2. The molecule has 3 rings (SSSR count). The van der Waals surface area contributed by atoms with Gasteiger partial charge in [-0.2, -0.15) is 0 Å². The number of piperazine rings is 1. The number of hydrogen-bond acceptors (Lipinski definition) is 4. The van der Waals surface area contributed by atoms with Crippen LogP contribution in [0.25, 0.3) is 0 Å². The summed E-state index contributed by atoms with van der Waals surface area (Å²) in [6.45, 7) is 8.71. The van der Waals surface area contributed by atoms with E-state index >= 15 is 0 Å². The van der Waals surface area contributed by atoms with E-state index in [9.17, 15) is 9.18 Å². The van der Waals surface area contributed by atoms with Gasteiger partial charge in [-0.1, -0.05) is 0 Å². The Balaban J connectivity index is 1.51. The quantitative estimate of drug-likeness (QED) is 0.577. The number of carbonyl (C=O) groups excluding carboxylic acids is 1. The summed E-state index contributed by atoms with van der Waals surface area (Å²) < 4.78 is 24.3. The van der Waals surface area contributed by atoms with E-state index in [1.807, 2.05) is 18.7 Å². The van der Waals surface area contributed by atoms with Crippen molar-refractivity contribution in [3.05, 3.63) is 30.1 Å². The Morgan fingerprint density at radius 3 is 2.59 bits per heavy atom. The zero-order valence-corrected chi connectivity index (χ0v) is 17.3. The SMILES string of the molecule is CCNC(=NCC(C)Oc1ccc(F)cc1)N1CCN(C(=O)C2CCCO2)CC1. The summed E-state index contributed by atoms with van der Waals surface area (Å²) in [5, 5.41) is 3.32. The summed E-state index contributed by atoms with van der Waals surface area (Å²) in [5.74, 6) is 1.28. The Morgan fingerprint density at radius 1 is 1.28 bits per heavy atom. The van der Waals surface area contributed by atoms with E-state index in [-0.39, 0.29) is 23.9 Å². The minimum Gasteiger partial charge on any atom is -0.489 e. The van der Waals surface area contributed by atoms with Gasteiger partial charge in [0.2, 0.25) is 0 Å². The van der Waals surface area contributed by atoms with Gasteiger partial charge >= 0.3 is 0 Å². The number of aliphatic imine (C=N–C) groups is 1. The van der Waals surface area contributed by atoms with Crippen LogP contribution < -0.4 is 10.1 Å². The van der Waals surface area contributed by atoms with Crippen LogP contribution in [0.1, 0.15) is 26.7 Å². The number of amides is 1. The Morgan fingerprint density at radius 2 is 1.97 bits per heavy atom. The van der Waals surface area contributed by atoms with Gasteiger partial charge in [-0.3, -0.25) is 4.79 Å². The van der Waals surface area contributed by atoms with E-state index in [1.165, 1.54) is 12.1 Å². The van der Waals surface area contributed by atoms with E-state index in [0.717, 1.165) is 38.4 Å². The van der Waals surface area contributed by atoms with Gasteiger partial charge < -0.3 is 24.6 Å². The molecule has 0 saturated carbocycles. The van der Waals surface area contributed by atoms with Gasteiger partial charge in [0, 0.05) is 39.3 Å². The van der Waals surface area contributed by atoms with Crippen LogP contribution in [0.3, 0.4) is 0 Å². The highest BCUT2D eigenvalue weighted by Gasteiger charge is 2.30. The largest absolute Gasteiger partial charge is 0.489 e. The van der Waals surface area contributed by atoms with Crippen molar-refractivity contribution >= 4 is 11.9 Å². The van der Waals surface area contributed by atoms with Gasteiger partial charge in [0.05, 0.1) is 6.54 Å². The number of ether oxygens (including phenoxy) is 2. The van der Waals surface area contributed by atoms with Crippen molar-refractivity contribution in [2.45, 2.75) is 38.9 Å². The number of halogens is 1. The Bertz CT molecular complexity index is 684. The van der Waals surface area contributed by atoms with E-state index < -0.39 is 0 Å². The summed E-state index contributed by atoms with van der Waals surface area (Å²) in [6, 6.07) is 6.00. The van der Waals surface area contributed by atoms with Crippen LogP contribution in [-0.4, -0.2) is 79.7 Å². The molecule has 2 atom stereocenters. The molecule has 0 aromatic heterocycles. The average molecular weight is 407 g/mol. The summed E-state index contributed by atoms with van der Waals surface area (Å²) >= 11 is 0. The summed E-state index contributed by atoms with van der Waals surface area (Å²) in [7, 11) is 0. The van der Waals surface area contributed by atoms with Gasteiger partial charge in [-0.05, 0) is 51.0 Å². The molecule has 0 spiro atoms. The zero-order valence-electron chi connectivity index (χ0n) is 17.3. The summed E-state index contributed by atoms with van der Waals surface area (Å²) in [4.78, 5) is 21.3. The van der Waals surface area contributed by atoms with Crippen molar-refractivity contribution in [2.75, 3.05) is 45.9 Å². The van der Waals surface area contributed by atoms with Crippen molar-refractivity contribution in [2.24, 2.45) is 4.99 Å². The molecule has 7 nitrogen and oxygen atoms in total. The third-order valence-electron chi connectivity index (χ3n) is 5.08. The van der Waals surface area contributed by atoms with Crippen molar-refractivity contribution in [3.63, 3.8) is 0 Å². The zero-order chi connectivity index (χ0) is 20.6. The summed E-state index contributed by atoms with van der Waals surface area (Å²) in [6.07, 6.45) is 1.39. The average Bonchev–Trinajstić information content (AvgIpc) is 3.27. The predicted octanol–water partition coefficient (Wildman–Crippen LogP) is 1.88. The molecule has 0 radical (unpaired) electrons. The first-order chi connectivity index (χ1) is 14.1. The number of carbonyl (C=O) groups is 1. The third-order valence-corrected chi connectivity index (χ3v) is 5.08. The van der Waals surface area contributed by atoms with E-state index in [0.29, 0.717) is 32.0 Å². The molecular formula is C21H31FN4O3. The number of nitrogens with one attached hydrogen (secondary N) is 1. The van der Waals surface area contributed by atoms with Gasteiger partial charge in [0.25, 0.3) is 5.91 Å². The maximum atomic E-state index is 13.0. The minimum atomic E-state index is -0.283. The van der Waals surface area contributed by atoms with Gasteiger partial charge in [-0.15, -0.1) is 0 Å². The molecule has 2 aliphatic rings. The molecule has 1 aromatic carbocycles. The lowest BCUT2D eigenvalue weighted by molar-refractivity contribution is -0.142. The fourth-order valence-electron chi connectivity index (χ4n) is 3.54. The molecule has 0 bridgehead atoms. The van der Waals surface area contributed by atoms with E-state index in [2.05, 4.69) is 10.2 Å². The second-order valence-electron chi connectivity index (χ2n) is 7.39. The molecule has 2 fully saturated rings. The molecule has 160 valence electrons. The molecule has 1 N–H and O–H groups in total. The molecular weight excluding hydrogens is 375 g/mol. The number of nitrogens with zero attached hydrogens (tertiary/aromatic N) is 3. The topological polar surface area (TPSA) is 66.4 Å². The van der Waals surface area contributed by atoms with Crippen molar-refractivity contribution in [1.29, 1.82) is 0 Å². The second-order valence-corrected chi connectivity index (χ2v) is 7.39. The first-order valence-corrected chi connectivity index (χ1v) is 10.4. The van der Waals surface area contributed by atoms with Crippen LogP contribution in [0.2, 0.25) is 0 Å². The maximum absolute atomic E-state index is 13.0. The van der Waals surface area contributed by atoms with E-state index in [4.69, 9.17) is 14.5 Å². The highest BCUT2D eigenvalue weighted by molar-refractivity contribution is 5.82. The molecule has 1 amide bonds. The lowest BCUT2D eigenvalue weighted by Gasteiger charge is -2.37. The van der Waals surface area contributed by atoms with Crippen LogP contribution in [0.5, 0.6) is 5.75 Å². The first-order valence-electron chi connectivity index (χ1n) is 10.4. The lowest BCUT2D eigenvalue weighted by Crippen LogP contribution is -2.55. The monoisotopic (exact) mass is 406 g/mol. The third kappa shape index (κ3) is 6.06. The first kappa shape index (κ1) is 21.4. The Labute approximate surface area is 171 Å². The van der Waals surface area contributed by atoms with Crippen molar-refractivity contribution in [1.82, 2.24) is 15.1 Å². The summed E-state index contributed by atoms with van der Waals surface area (Å²) in [5.41, 5.74) is 0. The van der Waals surface area contributed by atoms with Crippen LogP contribution in [0, 0.1) is 5.82 Å². The molecule has 2 aliphatic heterocycles. The van der Waals surface area contributed by atoms with Gasteiger partial charge in [0.1, 0.15) is 23.8 Å². The number of rotatable bonds is 6. The van der Waals surface area contributed by atoms with Gasteiger partial charge in [-0.25, -0.2) is 9.38 Å². The standard InChI is InChI=1S/C21H31FN4O3/c1-3-23-21(24-15-16(2)29-18-8-6-17(22)7-9-18)26-12-10-25(11-13-26)20(27)19-5-4-14-28-19/h6-9,16,19H,3-5,10-15H2,1-2H3,(H,23,24). The molecule has 29 heavy (non-hydrogen) atoms. The Hall–Kier alpha value is -2.35. The van der Waals surface area contributed by atoms with Crippen molar-refractivity contribution in [3.8, 4) is 5.75 Å². The highest BCUT2D eigenvalue weighted by atomic mass is 19.1. The number of hydrogen-bond donors (Lipinski definition) is 1. The minimum absolute atomic E-state index is 0.116. The second kappa shape index (κ2) is 10.4. The molecule has 1 aromatic rings. The number of benzene rings is 1. The van der Waals surface area contributed by atoms with Crippen molar-refractivity contribution < 1.29 is 18.7 Å². The number of guanidine groups is 1. The van der Waals surface area contributed by atoms with Crippen LogP contribution in [0.15, 0.2) is 29.3 Å². The molecule has 2 heterocycles. The smallest absolute Gasteiger partial charge is 0.251 e. The van der Waals surface area contributed by atoms with Crippen LogP contribution >= 0.6 is 0 Å². The highest BCUT2D eigenvalue weighted by Crippen LogP contribution is 2.16. The molecule has 0 aliphatic carbocycles. The van der Waals surface area contributed by atoms with Crippen LogP contribution in [0.4, 0.5) is 4.39 Å². The molecule has 8 heteroatoms. The van der Waals surface area contributed by atoms with Gasteiger partial charge in [0.15, 0.2) is 5.96 Å². The maximum Gasteiger partial charge on any atom is 0.251 e. The fraction of sp³-hybridized carbons (Fsp3) is 0.619. The molecule has 2 saturated heterocycles. The Kier molecular flexibility index (Phi) is 7.69. The van der Waals surface area contributed by atoms with E-state index in [1.54, 1.807) is 12.1 Å². The lowest BCUT2D eigenvalue weighted by atomic mass is 10.2. The van der Waals surface area contributed by atoms with Crippen LogP contribution in [-0.2, 0) is 9.53 Å².